The van der Waals surface area contributed by atoms with E-state index in [1.54, 1.807) is 0 Å². The van der Waals surface area contributed by atoms with Crippen molar-refractivity contribution in [2.75, 3.05) is 46.4 Å². The molecule has 0 saturated carbocycles. The zero-order valence-electron chi connectivity index (χ0n) is 16.9. The highest BCUT2D eigenvalue weighted by Gasteiger charge is 2.19. The molecule has 1 aliphatic heterocycles. The number of thiophene rings is 1. The van der Waals surface area contributed by atoms with Gasteiger partial charge in [0, 0.05) is 44.8 Å². The molecule has 156 valence electrons. The average Bonchev–Trinajstić information content (AvgIpc) is 3.17. The van der Waals surface area contributed by atoms with Crippen molar-refractivity contribution in [3.05, 3.63) is 22.4 Å². The molecule has 1 fully saturated rings. The molecule has 0 aliphatic carbocycles. The van der Waals surface area contributed by atoms with Gasteiger partial charge in [0.25, 0.3) is 0 Å². The van der Waals surface area contributed by atoms with E-state index in [0.717, 1.165) is 57.6 Å². The van der Waals surface area contributed by atoms with Crippen molar-refractivity contribution in [1.82, 2.24) is 15.5 Å². The van der Waals surface area contributed by atoms with Gasteiger partial charge >= 0.3 is 0 Å². The highest BCUT2D eigenvalue weighted by atomic mass is 127. The SMILES string of the molecule is CCCCOCCCNC(=NC)NCC1CCN(Cc2cccs2)CC1.I. The largest absolute Gasteiger partial charge is 0.381 e. The highest BCUT2D eigenvalue weighted by Crippen LogP contribution is 2.20. The molecule has 27 heavy (non-hydrogen) atoms. The molecule has 1 aromatic heterocycles. The molecule has 1 aromatic rings. The summed E-state index contributed by atoms with van der Waals surface area (Å²) in [5.74, 6) is 1.66. The molecule has 5 nitrogen and oxygen atoms in total. The summed E-state index contributed by atoms with van der Waals surface area (Å²) in [5.41, 5.74) is 0. The van der Waals surface area contributed by atoms with Crippen LogP contribution in [0.2, 0.25) is 0 Å². The summed E-state index contributed by atoms with van der Waals surface area (Å²) in [4.78, 5) is 8.38. The Kier molecular flexibility index (Phi) is 14.2. The Bertz CT molecular complexity index is 490. The van der Waals surface area contributed by atoms with Crippen LogP contribution >= 0.6 is 35.3 Å². The summed E-state index contributed by atoms with van der Waals surface area (Å²) in [6.45, 7) is 9.33. The van der Waals surface area contributed by atoms with E-state index in [9.17, 15) is 0 Å². The van der Waals surface area contributed by atoms with Crippen LogP contribution in [0, 0.1) is 5.92 Å². The number of nitrogens with zero attached hydrogens (tertiary/aromatic N) is 2. The molecule has 2 heterocycles. The minimum atomic E-state index is 0. The minimum absolute atomic E-state index is 0. The first-order valence-electron chi connectivity index (χ1n) is 10.1. The Morgan fingerprint density at radius 3 is 2.70 bits per heavy atom. The maximum absolute atomic E-state index is 5.59. The molecule has 7 heteroatoms. The monoisotopic (exact) mass is 508 g/mol. The third-order valence-corrected chi connectivity index (χ3v) is 5.71. The van der Waals surface area contributed by atoms with Crippen LogP contribution in [0.4, 0.5) is 0 Å². The van der Waals surface area contributed by atoms with E-state index in [0.29, 0.717) is 0 Å². The van der Waals surface area contributed by atoms with Crippen molar-refractivity contribution in [1.29, 1.82) is 0 Å². The number of unbranched alkanes of at least 4 members (excludes halogenated alkanes) is 1. The second-order valence-electron chi connectivity index (χ2n) is 7.00. The zero-order valence-corrected chi connectivity index (χ0v) is 20.1. The summed E-state index contributed by atoms with van der Waals surface area (Å²) in [5, 5.41) is 9.05. The summed E-state index contributed by atoms with van der Waals surface area (Å²) >= 11 is 1.86. The summed E-state index contributed by atoms with van der Waals surface area (Å²) in [6, 6.07) is 4.38. The smallest absolute Gasteiger partial charge is 0.190 e. The predicted molar refractivity (Wildman–Crippen MR) is 127 cm³/mol. The maximum Gasteiger partial charge on any atom is 0.190 e. The molecule has 2 rings (SSSR count). The number of hydrogen-bond acceptors (Lipinski definition) is 4. The third kappa shape index (κ3) is 10.7. The number of piperidine rings is 1. The van der Waals surface area contributed by atoms with Crippen molar-refractivity contribution in [3.8, 4) is 0 Å². The van der Waals surface area contributed by atoms with Crippen LogP contribution in [0.1, 0.15) is 43.9 Å². The van der Waals surface area contributed by atoms with Gasteiger partial charge in [0.05, 0.1) is 0 Å². The molecule has 0 amide bonds. The van der Waals surface area contributed by atoms with Gasteiger partial charge in [-0.1, -0.05) is 19.4 Å². The van der Waals surface area contributed by atoms with Crippen LogP contribution in [0.5, 0.6) is 0 Å². The van der Waals surface area contributed by atoms with E-state index in [-0.39, 0.29) is 24.0 Å². The van der Waals surface area contributed by atoms with E-state index in [1.165, 1.54) is 37.2 Å². The van der Waals surface area contributed by atoms with Crippen molar-refractivity contribution in [2.24, 2.45) is 10.9 Å². The molecule has 0 atom stereocenters. The fraction of sp³-hybridized carbons (Fsp3) is 0.750. The van der Waals surface area contributed by atoms with Gasteiger partial charge < -0.3 is 15.4 Å². The number of rotatable bonds is 11. The van der Waals surface area contributed by atoms with E-state index < -0.39 is 0 Å². The maximum atomic E-state index is 5.59. The zero-order chi connectivity index (χ0) is 18.5. The topological polar surface area (TPSA) is 48.9 Å². The molecule has 0 bridgehead atoms. The van der Waals surface area contributed by atoms with E-state index in [4.69, 9.17) is 4.74 Å². The molecule has 0 spiro atoms. The number of guanidine groups is 1. The average molecular weight is 509 g/mol. The van der Waals surface area contributed by atoms with Gasteiger partial charge in [-0.2, -0.15) is 0 Å². The van der Waals surface area contributed by atoms with Gasteiger partial charge in [-0.15, -0.1) is 35.3 Å². The number of ether oxygens (including phenoxy) is 1. The first-order chi connectivity index (χ1) is 12.8. The lowest BCUT2D eigenvalue weighted by Gasteiger charge is -2.32. The lowest BCUT2D eigenvalue weighted by atomic mass is 9.97. The number of aliphatic imine (C=N–C) groups is 1. The summed E-state index contributed by atoms with van der Waals surface area (Å²) < 4.78 is 5.59. The van der Waals surface area contributed by atoms with Gasteiger partial charge in [-0.3, -0.25) is 9.89 Å². The summed E-state index contributed by atoms with van der Waals surface area (Å²) in [7, 11) is 1.84. The van der Waals surface area contributed by atoms with Crippen LogP contribution in [-0.2, 0) is 11.3 Å². The molecule has 0 unspecified atom stereocenters. The predicted octanol–water partition coefficient (Wildman–Crippen LogP) is 3.95. The molecule has 2 N–H and O–H groups in total. The minimum Gasteiger partial charge on any atom is -0.381 e. The van der Waals surface area contributed by atoms with Crippen LogP contribution in [0.25, 0.3) is 0 Å². The first kappa shape index (κ1) is 24.7. The van der Waals surface area contributed by atoms with Crippen molar-refractivity contribution in [3.63, 3.8) is 0 Å². The Morgan fingerprint density at radius 2 is 2.04 bits per heavy atom. The van der Waals surface area contributed by atoms with E-state index in [1.807, 2.05) is 18.4 Å². The lowest BCUT2D eigenvalue weighted by Crippen LogP contribution is -2.43. The molecule has 0 radical (unpaired) electrons. The van der Waals surface area contributed by atoms with Gasteiger partial charge in [-0.05, 0) is 56.1 Å². The van der Waals surface area contributed by atoms with E-state index in [2.05, 4.69) is 45.0 Å². The van der Waals surface area contributed by atoms with Crippen LogP contribution in [0.15, 0.2) is 22.5 Å². The highest BCUT2D eigenvalue weighted by molar-refractivity contribution is 14.0. The number of nitrogens with one attached hydrogen (secondary N) is 2. The second-order valence-corrected chi connectivity index (χ2v) is 8.03. The number of likely N-dealkylation sites (tertiary alicyclic amines) is 1. The Labute approximate surface area is 186 Å². The molecular formula is C20H37IN4OS. The lowest BCUT2D eigenvalue weighted by molar-refractivity contribution is 0.129. The van der Waals surface area contributed by atoms with Crippen LogP contribution in [0.3, 0.4) is 0 Å². The molecule has 0 aromatic carbocycles. The Morgan fingerprint density at radius 1 is 1.26 bits per heavy atom. The van der Waals surface area contributed by atoms with Crippen LogP contribution < -0.4 is 10.6 Å². The van der Waals surface area contributed by atoms with Gasteiger partial charge in [0.2, 0.25) is 0 Å². The van der Waals surface area contributed by atoms with Crippen LogP contribution in [-0.4, -0.2) is 57.3 Å². The van der Waals surface area contributed by atoms with Crippen molar-refractivity contribution < 1.29 is 4.74 Å². The van der Waals surface area contributed by atoms with Crippen molar-refractivity contribution in [2.45, 2.75) is 45.6 Å². The fourth-order valence-electron chi connectivity index (χ4n) is 3.16. The third-order valence-electron chi connectivity index (χ3n) is 4.85. The summed E-state index contributed by atoms with van der Waals surface area (Å²) in [6.07, 6.45) is 5.90. The first-order valence-corrected chi connectivity index (χ1v) is 11.0. The number of hydrogen-bond donors (Lipinski definition) is 2. The number of halogens is 1. The van der Waals surface area contributed by atoms with Crippen molar-refractivity contribution >= 4 is 41.3 Å². The Hall–Kier alpha value is -0.380. The standard InChI is InChI=1S/C20H36N4OS.HI/c1-3-4-13-25-14-6-10-22-20(21-2)23-16-18-8-11-24(12-9-18)17-19-7-5-15-26-19;/h5,7,15,18H,3-4,6,8-14,16-17H2,1-2H3,(H2,21,22,23);1H. The molecular weight excluding hydrogens is 471 g/mol. The van der Waals surface area contributed by atoms with Gasteiger partial charge in [-0.25, -0.2) is 0 Å². The Balaban J connectivity index is 0.00000364. The van der Waals surface area contributed by atoms with E-state index >= 15 is 0 Å². The molecule has 1 saturated heterocycles. The van der Waals surface area contributed by atoms with Gasteiger partial charge in [0.15, 0.2) is 5.96 Å². The second kappa shape index (κ2) is 15.5. The quantitative estimate of drug-likeness (QED) is 0.206. The van der Waals surface area contributed by atoms with Gasteiger partial charge in [0.1, 0.15) is 0 Å². The molecule has 1 aliphatic rings. The normalized spacial score (nSPS) is 16.1. The fourth-order valence-corrected chi connectivity index (χ4v) is 3.91.